The van der Waals surface area contributed by atoms with E-state index in [1.807, 2.05) is 0 Å². The lowest BCUT2D eigenvalue weighted by molar-refractivity contribution is 0.0395. The van der Waals surface area contributed by atoms with Gasteiger partial charge in [0.15, 0.2) is 0 Å². The van der Waals surface area contributed by atoms with Gasteiger partial charge in [-0.3, -0.25) is 0 Å². The summed E-state index contributed by atoms with van der Waals surface area (Å²) in [5.74, 6) is 1.28. The summed E-state index contributed by atoms with van der Waals surface area (Å²) in [6.07, 6.45) is 10.1. The molecule has 3 rings (SSSR count). The van der Waals surface area contributed by atoms with E-state index in [-0.39, 0.29) is 11.5 Å². The van der Waals surface area contributed by atoms with Crippen molar-refractivity contribution in [3.05, 3.63) is 34.9 Å². The number of carboxylic acid groups (broad SMARTS) is 1. The Bertz CT molecular complexity index is 680. The van der Waals surface area contributed by atoms with E-state index >= 15 is 0 Å². The van der Waals surface area contributed by atoms with Crippen LogP contribution >= 0.6 is 0 Å². The zero-order chi connectivity index (χ0) is 20.1. The van der Waals surface area contributed by atoms with Crippen LogP contribution in [0.15, 0.2) is 18.2 Å². The second-order valence-corrected chi connectivity index (χ2v) is 9.23. The Morgan fingerprint density at radius 3 is 2.07 bits per heavy atom. The highest BCUT2D eigenvalue weighted by molar-refractivity contribution is 5.94. The van der Waals surface area contributed by atoms with Crippen molar-refractivity contribution < 1.29 is 19.4 Å². The summed E-state index contributed by atoms with van der Waals surface area (Å²) >= 11 is 0. The Morgan fingerprint density at radius 1 is 0.929 bits per heavy atom. The zero-order valence-corrected chi connectivity index (χ0v) is 17.3. The molecule has 0 bridgehead atoms. The van der Waals surface area contributed by atoms with E-state index in [2.05, 4.69) is 13.8 Å². The maximum absolute atomic E-state index is 12.8. The molecule has 2 fully saturated rings. The van der Waals surface area contributed by atoms with Crippen LogP contribution in [0, 0.1) is 23.7 Å². The van der Waals surface area contributed by atoms with Crippen LogP contribution in [0.4, 0.5) is 0 Å². The number of carbonyl (C=O) groups is 2. The van der Waals surface area contributed by atoms with Crippen molar-refractivity contribution in [2.75, 3.05) is 6.61 Å². The Hall–Kier alpha value is -1.84. The number of rotatable bonds is 6. The van der Waals surface area contributed by atoms with Gasteiger partial charge in [0.2, 0.25) is 0 Å². The molecule has 4 nitrogen and oxygen atoms in total. The van der Waals surface area contributed by atoms with Crippen LogP contribution in [0.25, 0.3) is 0 Å². The van der Waals surface area contributed by atoms with Gasteiger partial charge in [0.25, 0.3) is 0 Å². The van der Waals surface area contributed by atoms with Crippen LogP contribution in [0.5, 0.6) is 0 Å². The Labute approximate surface area is 168 Å². The third kappa shape index (κ3) is 5.59. The third-order valence-electron chi connectivity index (χ3n) is 6.80. The van der Waals surface area contributed by atoms with Crippen molar-refractivity contribution in [2.45, 2.75) is 71.6 Å². The van der Waals surface area contributed by atoms with Crippen molar-refractivity contribution in [2.24, 2.45) is 23.7 Å². The van der Waals surface area contributed by atoms with Crippen LogP contribution in [0.2, 0.25) is 0 Å². The lowest BCUT2D eigenvalue weighted by atomic mass is 9.79. The summed E-state index contributed by atoms with van der Waals surface area (Å²) in [7, 11) is 0. The van der Waals surface area contributed by atoms with Crippen LogP contribution in [-0.4, -0.2) is 23.7 Å². The van der Waals surface area contributed by atoms with Crippen molar-refractivity contribution in [3.63, 3.8) is 0 Å². The highest BCUT2D eigenvalue weighted by atomic mass is 16.5. The van der Waals surface area contributed by atoms with Crippen molar-refractivity contribution in [3.8, 4) is 0 Å². The molecule has 1 N–H and O–H groups in total. The van der Waals surface area contributed by atoms with E-state index < -0.39 is 5.97 Å². The molecule has 28 heavy (non-hydrogen) atoms. The lowest BCUT2D eigenvalue weighted by Gasteiger charge is -2.27. The van der Waals surface area contributed by atoms with E-state index in [4.69, 9.17) is 4.74 Å². The predicted molar refractivity (Wildman–Crippen MR) is 110 cm³/mol. The predicted octanol–water partition coefficient (Wildman–Crippen LogP) is 5.74. The van der Waals surface area contributed by atoms with Crippen LogP contribution in [-0.2, 0) is 11.2 Å². The van der Waals surface area contributed by atoms with Gasteiger partial charge in [0.1, 0.15) is 0 Å². The first-order chi connectivity index (χ1) is 13.4. The molecule has 0 radical (unpaired) electrons. The van der Waals surface area contributed by atoms with Gasteiger partial charge in [-0.05, 0) is 79.5 Å². The van der Waals surface area contributed by atoms with E-state index in [0.29, 0.717) is 24.0 Å². The Balaban J connectivity index is 1.67. The third-order valence-corrected chi connectivity index (χ3v) is 6.80. The van der Waals surface area contributed by atoms with Crippen LogP contribution in [0.3, 0.4) is 0 Å². The standard InChI is InChI=1S/C24H34O4/c1-16-3-7-18(8-4-16)13-21-14-20(23(25)26)11-12-22(21)24(27)28-15-19-9-5-17(2)6-10-19/h11-12,14,16-19H,3-10,13,15H2,1-2H3,(H,25,26). The topological polar surface area (TPSA) is 63.6 Å². The molecule has 0 amide bonds. The van der Waals surface area contributed by atoms with Crippen molar-refractivity contribution in [1.82, 2.24) is 0 Å². The molecule has 1 aromatic rings. The average Bonchev–Trinajstić information content (AvgIpc) is 2.69. The minimum absolute atomic E-state index is 0.247. The summed E-state index contributed by atoms with van der Waals surface area (Å²) < 4.78 is 5.66. The summed E-state index contributed by atoms with van der Waals surface area (Å²) in [5.41, 5.74) is 1.63. The van der Waals surface area contributed by atoms with Gasteiger partial charge in [-0.2, -0.15) is 0 Å². The average molecular weight is 387 g/mol. The summed E-state index contributed by atoms with van der Waals surface area (Å²) in [4.78, 5) is 24.2. The molecule has 0 atom stereocenters. The number of esters is 1. The Kier molecular flexibility index (Phi) is 7.14. The number of aromatic carboxylic acids is 1. The summed E-state index contributed by atoms with van der Waals surface area (Å²) in [6.45, 7) is 5.05. The van der Waals surface area contributed by atoms with Crippen molar-refractivity contribution >= 4 is 11.9 Å². The van der Waals surface area contributed by atoms with Gasteiger partial charge < -0.3 is 9.84 Å². The fraction of sp³-hybridized carbons (Fsp3) is 0.667. The summed E-state index contributed by atoms with van der Waals surface area (Å²) in [5, 5.41) is 9.36. The van der Waals surface area contributed by atoms with Gasteiger partial charge in [-0.25, -0.2) is 9.59 Å². The largest absolute Gasteiger partial charge is 0.478 e. The molecule has 0 saturated heterocycles. The number of hydrogen-bond acceptors (Lipinski definition) is 3. The second-order valence-electron chi connectivity index (χ2n) is 9.23. The molecule has 0 heterocycles. The quantitative estimate of drug-likeness (QED) is 0.634. The number of benzene rings is 1. The molecule has 0 aliphatic heterocycles. The number of carboxylic acids is 1. The highest BCUT2D eigenvalue weighted by Crippen LogP contribution is 2.32. The number of hydrogen-bond donors (Lipinski definition) is 1. The first-order valence-corrected chi connectivity index (χ1v) is 11.0. The smallest absolute Gasteiger partial charge is 0.338 e. The molecule has 2 aliphatic carbocycles. The molecule has 0 unspecified atom stereocenters. The molecule has 154 valence electrons. The summed E-state index contributed by atoms with van der Waals surface area (Å²) in [6, 6.07) is 4.85. The molecular formula is C24H34O4. The van der Waals surface area contributed by atoms with Gasteiger partial charge in [-0.1, -0.05) is 39.5 Å². The fourth-order valence-corrected chi connectivity index (χ4v) is 4.71. The molecule has 0 spiro atoms. The van der Waals surface area contributed by atoms with Gasteiger partial charge in [-0.15, -0.1) is 0 Å². The maximum atomic E-state index is 12.8. The first kappa shape index (κ1) is 20.9. The minimum atomic E-state index is -0.949. The van der Waals surface area contributed by atoms with Crippen molar-refractivity contribution in [1.29, 1.82) is 0 Å². The number of carbonyl (C=O) groups excluding carboxylic acids is 1. The first-order valence-electron chi connectivity index (χ1n) is 11.0. The second kappa shape index (κ2) is 9.58. The maximum Gasteiger partial charge on any atom is 0.338 e. The molecular weight excluding hydrogens is 352 g/mol. The molecule has 4 heteroatoms. The van der Waals surface area contributed by atoms with E-state index in [9.17, 15) is 14.7 Å². The molecule has 0 aromatic heterocycles. The monoisotopic (exact) mass is 386 g/mol. The van der Waals surface area contributed by atoms with E-state index in [1.165, 1.54) is 31.7 Å². The molecule has 1 aromatic carbocycles. The van der Waals surface area contributed by atoms with E-state index in [0.717, 1.165) is 49.5 Å². The zero-order valence-electron chi connectivity index (χ0n) is 17.3. The van der Waals surface area contributed by atoms with Crippen LogP contribution < -0.4 is 0 Å². The van der Waals surface area contributed by atoms with Gasteiger partial charge >= 0.3 is 11.9 Å². The molecule has 2 saturated carbocycles. The minimum Gasteiger partial charge on any atom is -0.478 e. The fourth-order valence-electron chi connectivity index (χ4n) is 4.71. The SMILES string of the molecule is CC1CCC(COC(=O)c2ccc(C(=O)O)cc2CC2CCC(C)CC2)CC1. The number of ether oxygens (including phenoxy) is 1. The normalized spacial score (nSPS) is 27.9. The molecule has 2 aliphatic rings. The van der Waals surface area contributed by atoms with Gasteiger partial charge in [0, 0.05) is 0 Å². The lowest BCUT2D eigenvalue weighted by Crippen LogP contribution is -2.21. The van der Waals surface area contributed by atoms with Gasteiger partial charge in [0.05, 0.1) is 17.7 Å². The Morgan fingerprint density at radius 2 is 1.50 bits per heavy atom. The van der Waals surface area contributed by atoms with Crippen LogP contribution in [0.1, 0.15) is 91.5 Å². The van der Waals surface area contributed by atoms with E-state index in [1.54, 1.807) is 12.1 Å². The highest BCUT2D eigenvalue weighted by Gasteiger charge is 2.24.